The molecule has 1 fully saturated rings. The molecule has 0 aromatic heterocycles. The molecule has 0 bridgehead atoms. The van der Waals surface area contributed by atoms with Crippen LogP contribution >= 0.6 is 11.8 Å². The van der Waals surface area contributed by atoms with E-state index in [-0.39, 0.29) is 48.0 Å². The van der Waals surface area contributed by atoms with Gasteiger partial charge in [-0.2, -0.15) is 26.3 Å². The topological polar surface area (TPSA) is 92.8 Å². The van der Waals surface area contributed by atoms with Gasteiger partial charge in [0.15, 0.2) is 0 Å². The lowest BCUT2D eigenvalue weighted by atomic mass is 9.96. The molecule has 1 aliphatic heterocycles. The van der Waals surface area contributed by atoms with Gasteiger partial charge in [0, 0.05) is 34.6 Å². The second-order valence-corrected chi connectivity index (χ2v) is 12.9. The average Bonchev–Trinajstić information content (AvgIpc) is 2.99. The molecule has 7 nitrogen and oxygen atoms in total. The number of esters is 1. The van der Waals surface area contributed by atoms with Crippen molar-refractivity contribution >= 4 is 45.4 Å². The molecule has 0 radical (unpaired) electrons. The number of benzene rings is 3. The van der Waals surface area contributed by atoms with Gasteiger partial charge in [0.1, 0.15) is 0 Å². The van der Waals surface area contributed by atoms with Crippen LogP contribution in [0.3, 0.4) is 0 Å². The van der Waals surface area contributed by atoms with Crippen molar-refractivity contribution in [2.45, 2.75) is 46.8 Å². The van der Waals surface area contributed by atoms with Crippen LogP contribution in [-0.4, -0.2) is 44.9 Å². The fourth-order valence-corrected chi connectivity index (χ4v) is 6.95. The van der Waals surface area contributed by atoms with Crippen LogP contribution in [0.25, 0.3) is 6.08 Å². The Morgan fingerprint density at radius 2 is 1.59 bits per heavy atom. The Kier molecular flexibility index (Phi) is 10.8. The molecule has 246 valence electrons. The van der Waals surface area contributed by atoms with Crippen molar-refractivity contribution < 1.29 is 49.1 Å². The number of amides is 1. The normalized spacial score (nSPS) is 14.8. The van der Waals surface area contributed by atoms with E-state index in [2.05, 4.69) is 4.72 Å². The summed E-state index contributed by atoms with van der Waals surface area (Å²) in [6.45, 7) is 2.11. The summed E-state index contributed by atoms with van der Waals surface area (Å²) >= 11 is 0.377. The molecule has 0 unspecified atom stereocenters. The number of carbonyl (C=O) groups is 2. The standard InChI is InChI=1S/C31H28F6N2O5S2/c1-2-44-29(41)21-15-17-39(18-16-21)26(40)14-12-20-11-13-25(28(31(35,36)37)27(20)30(32,33)34)45-23-8-6-7-22(19-23)38-46(42,43)24-9-4-3-5-10-24/h3-14,19,21,38H,2,15-18H2,1H3. The number of carbonyl (C=O) groups excluding carboxylic acids is 2. The molecule has 1 N–H and O–H groups in total. The van der Waals surface area contributed by atoms with E-state index in [1.807, 2.05) is 0 Å². The van der Waals surface area contributed by atoms with Gasteiger partial charge < -0.3 is 9.64 Å². The van der Waals surface area contributed by atoms with Gasteiger partial charge in [0.25, 0.3) is 10.0 Å². The molecule has 15 heteroatoms. The summed E-state index contributed by atoms with van der Waals surface area (Å²) in [4.78, 5) is 25.1. The van der Waals surface area contributed by atoms with Crippen molar-refractivity contribution in [3.8, 4) is 0 Å². The van der Waals surface area contributed by atoms with Crippen molar-refractivity contribution in [1.29, 1.82) is 0 Å². The van der Waals surface area contributed by atoms with E-state index in [1.54, 1.807) is 13.0 Å². The summed E-state index contributed by atoms with van der Waals surface area (Å²) < 4.78 is 118. The van der Waals surface area contributed by atoms with Crippen molar-refractivity contribution in [2.24, 2.45) is 5.92 Å². The van der Waals surface area contributed by atoms with Gasteiger partial charge in [0.05, 0.1) is 28.5 Å². The molecule has 1 saturated heterocycles. The third-order valence-electron chi connectivity index (χ3n) is 6.97. The zero-order chi connectivity index (χ0) is 33.7. The molecule has 1 aliphatic rings. The van der Waals surface area contributed by atoms with Crippen molar-refractivity contribution in [3.63, 3.8) is 0 Å². The highest BCUT2D eigenvalue weighted by Crippen LogP contribution is 2.48. The molecule has 3 aromatic rings. The number of alkyl halides is 6. The predicted molar refractivity (Wildman–Crippen MR) is 159 cm³/mol. The number of ether oxygens (including phenoxy) is 1. The number of nitrogens with one attached hydrogen (secondary N) is 1. The fraction of sp³-hybridized carbons (Fsp3) is 0.290. The minimum Gasteiger partial charge on any atom is -0.466 e. The smallest absolute Gasteiger partial charge is 0.418 e. The Hall–Kier alpha value is -3.98. The Morgan fingerprint density at radius 3 is 2.20 bits per heavy atom. The number of piperidine rings is 1. The molecular weight excluding hydrogens is 658 g/mol. The second kappa shape index (κ2) is 14.2. The summed E-state index contributed by atoms with van der Waals surface area (Å²) in [5.41, 5.74) is -4.77. The van der Waals surface area contributed by atoms with E-state index < -0.39 is 61.8 Å². The lowest BCUT2D eigenvalue weighted by Crippen LogP contribution is -2.39. The van der Waals surface area contributed by atoms with Gasteiger partial charge in [-0.15, -0.1) is 0 Å². The Balaban J connectivity index is 1.61. The molecule has 46 heavy (non-hydrogen) atoms. The van der Waals surface area contributed by atoms with Crippen LogP contribution in [0.15, 0.2) is 87.5 Å². The molecule has 0 spiro atoms. The van der Waals surface area contributed by atoms with E-state index in [4.69, 9.17) is 4.74 Å². The number of halogens is 6. The molecule has 1 amide bonds. The summed E-state index contributed by atoms with van der Waals surface area (Å²) in [5, 5.41) is 0. The summed E-state index contributed by atoms with van der Waals surface area (Å²) in [7, 11) is -4.04. The van der Waals surface area contributed by atoms with Crippen LogP contribution < -0.4 is 4.72 Å². The van der Waals surface area contributed by atoms with Crippen LogP contribution in [0.1, 0.15) is 36.5 Å². The third kappa shape index (κ3) is 8.63. The van der Waals surface area contributed by atoms with E-state index in [1.165, 1.54) is 53.4 Å². The number of nitrogens with zero attached hydrogens (tertiary/aromatic N) is 1. The van der Waals surface area contributed by atoms with Crippen LogP contribution in [0.4, 0.5) is 32.0 Å². The second-order valence-electron chi connectivity index (χ2n) is 10.1. The molecule has 0 aliphatic carbocycles. The summed E-state index contributed by atoms with van der Waals surface area (Å²) in [6.07, 6.45) is -8.84. The van der Waals surface area contributed by atoms with E-state index >= 15 is 0 Å². The van der Waals surface area contributed by atoms with Gasteiger partial charge in [-0.1, -0.05) is 42.1 Å². The van der Waals surface area contributed by atoms with Crippen molar-refractivity contribution in [3.05, 3.63) is 89.5 Å². The highest BCUT2D eigenvalue weighted by molar-refractivity contribution is 7.99. The maximum absolute atomic E-state index is 14.3. The molecule has 4 rings (SSSR count). The molecule has 1 heterocycles. The fourth-order valence-electron chi connectivity index (χ4n) is 4.84. The highest BCUT2D eigenvalue weighted by Gasteiger charge is 2.46. The third-order valence-corrected chi connectivity index (χ3v) is 9.41. The Bertz CT molecular complexity index is 1700. The quantitative estimate of drug-likeness (QED) is 0.143. The van der Waals surface area contributed by atoms with Crippen LogP contribution in [0.2, 0.25) is 0 Å². The first kappa shape index (κ1) is 34.9. The minimum atomic E-state index is -5.45. The monoisotopic (exact) mass is 686 g/mol. The predicted octanol–water partition coefficient (Wildman–Crippen LogP) is 7.49. The zero-order valence-electron chi connectivity index (χ0n) is 24.2. The first-order chi connectivity index (χ1) is 21.6. The van der Waals surface area contributed by atoms with Gasteiger partial charge in [-0.25, -0.2) is 8.42 Å². The molecule has 0 saturated carbocycles. The molecule has 3 aromatic carbocycles. The van der Waals surface area contributed by atoms with Crippen molar-refractivity contribution in [1.82, 2.24) is 4.90 Å². The van der Waals surface area contributed by atoms with E-state index in [0.717, 1.165) is 18.2 Å². The number of hydrogen-bond acceptors (Lipinski definition) is 6. The van der Waals surface area contributed by atoms with Crippen LogP contribution in [0.5, 0.6) is 0 Å². The highest BCUT2D eigenvalue weighted by atomic mass is 32.2. The maximum atomic E-state index is 14.3. The number of rotatable bonds is 9. The average molecular weight is 687 g/mol. The first-order valence-corrected chi connectivity index (χ1v) is 16.2. The number of sulfonamides is 1. The summed E-state index contributed by atoms with van der Waals surface area (Å²) in [5.74, 6) is -1.54. The SMILES string of the molecule is CCOC(=O)C1CCN(C(=O)C=Cc2ccc(Sc3cccc(NS(=O)(=O)c4ccccc4)c3)c(C(F)(F)F)c2C(F)(F)F)CC1. The minimum absolute atomic E-state index is 0.0113. The lowest BCUT2D eigenvalue weighted by Gasteiger charge is -2.30. The van der Waals surface area contributed by atoms with Gasteiger partial charge in [0.2, 0.25) is 5.91 Å². The lowest BCUT2D eigenvalue weighted by molar-refractivity contribution is -0.163. The first-order valence-electron chi connectivity index (χ1n) is 13.9. The maximum Gasteiger partial charge on any atom is 0.418 e. The van der Waals surface area contributed by atoms with Crippen LogP contribution in [-0.2, 0) is 36.7 Å². The van der Waals surface area contributed by atoms with E-state index in [9.17, 15) is 44.3 Å². The van der Waals surface area contributed by atoms with Gasteiger partial charge >= 0.3 is 18.3 Å². The Morgan fingerprint density at radius 1 is 0.935 bits per heavy atom. The summed E-state index contributed by atoms with van der Waals surface area (Å²) in [6, 6.07) is 14.2. The Labute approximate surface area is 265 Å². The van der Waals surface area contributed by atoms with Gasteiger partial charge in [-0.05, 0) is 67.8 Å². The van der Waals surface area contributed by atoms with E-state index in [0.29, 0.717) is 17.8 Å². The van der Waals surface area contributed by atoms with Crippen molar-refractivity contribution in [2.75, 3.05) is 24.4 Å². The number of likely N-dealkylation sites (tertiary alicyclic amines) is 1. The zero-order valence-corrected chi connectivity index (χ0v) is 25.8. The number of hydrogen-bond donors (Lipinski definition) is 1. The largest absolute Gasteiger partial charge is 0.466 e. The number of anilines is 1. The molecular formula is C31H28F6N2O5S2. The van der Waals surface area contributed by atoms with Gasteiger partial charge in [-0.3, -0.25) is 14.3 Å². The van der Waals surface area contributed by atoms with Crippen LogP contribution in [0, 0.1) is 5.92 Å². The molecule has 0 atom stereocenters.